The lowest BCUT2D eigenvalue weighted by molar-refractivity contribution is -0.143. The van der Waals surface area contributed by atoms with Crippen LogP contribution >= 0.6 is 0 Å². The van der Waals surface area contributed by atoms with Crippen LogP contribution in [0.5, 0.6) is 0 Å². The minimum atomic E-state index is -4.36. The van der Waals surface area contributed by atoms with Crippen molar-refractivity contribution in [3.8, 4) is 17.9 Å². The van der Waals surface area contributed by atoms with E-state index in [1.54, 1.807) is 32.2 Å². The average Bonchev–Trinajstić information content (AvgIpc) is 3.40. The number of piperidine rings is 1. The third-order valence-corrected chi connectivity index (χ3v) is 9.17. The number of carbonyl (C=O) groups is 1. The summed E-state index contributed by atoms with van der Waals surface area (Å²) >= 11 is 0. The first-order valence-electron chi connectivity index (χ1n) is 16.4. The Kier molecular flexibility index (Phi) is 11.3. The molecule has 4 heterocycles. The van der Waals surface area contributed by atoms with Gasteiger partial charge in [-0.2, -0.15) is 18.4 Å². The molecule has 0 spiro atoms. The lowest BCUT2D eigenvalue weighted by Crippen LogP contribution is -2.49. The second-order valence-electron chi connectivity index (χ2n) is 13.1. The van der Waals surface area contributed by atoms with Gasteiger partial charge in [-0.3, -0.25) is 9.78 Å². The van der Waals surface area contributed by atoms with Gasteiger partial charge in [-0.25, -0.2) is 0 Å². The molecule has 5 rings (SSSR count). The fourth-order valence-electron chi connectivity index (χ4n) is 6.29. The van der Waals surface area contributed by atoms with E-state index in [-0.39, 0.29) is 18.5 Å². The molecule has 1 aliphatic carbocycles. The van der Waals surface area contributed by atoms with Gasteiger partial charge >= 0.3 is 6.18 Å². The van der Waals surface area contributed by atoms with E-state index in [2.05, 4.69) is 38.8 Å². The first kappa shape index (κ1) is 34.5. The largest absolute Gasteiger partial charge is 0.405 e. The van der Waals surface area contributed by atoms with Crippen LogP contribution in [0.1, 0.15) is 51.6 Å². The van der Waals surface area contributed by atoms with Gasteiger partial charge in [-0.15, -0.1) is 0 Å². The predicted molar refractivity (Wildman–Crippen MR) is 174 cm³/mol. The van der Waals surface area contributed by atoms with Crippen LogP contribution in [0.15, 0.2) is 53.4 Å². The molecular weight excluding hydrogens is 607 g/mol. The molecule has 0 bridgehead atoms. The van der Waals surface area contributed by atoms with Crippen LogP contribution in [0.25, 0.3) is 0 Å². The Morgan fingerprint density at radius 2 is 1.83 bits per heavy atom. The number of allylic oxidation sites excluding steroid dienone is 1. The number of carbonyl (C=O) groups excluding carboxylic acids is 1. The van der Waals surface area contributed by atoms with Crippen LogP contribution in [0.4, 0.5) is 18.9 Å². The third kappa shape index (κ3) is 9.60. The maximum absolute atomic E-state index is 13.6. The summed E-state index contributed by atoms with van der Waals surface area (Å²) in [7, 11) is 0. The molecule has 47 heavy (non-hydrogen) atoms. The standard InChI is InChI=1S/C35H44F3N7O2/c1-34(2,23-39)32-8-6-29(21-43-32)40-13-3-4-30-19-26-18-25(5-7-31(26)45(30)24-35(36,37)38)20-41-27-9-14-44(15-10-27)33(46)22-42-28-11-16-47-17-12-28/h5-6,8,18-19,21,27-28,31,40-42H,7,9-17,20,22,24H2,1-2H3. The summed E-state index contributed by atoms with van der Waals surface area (Å²) in [5, 5.41) is 19.4. The summed E-state index contributed by atoms with van der Waals surface area (Å²) in [5.74, 6) is 6.05. The highest BCUT2D eigenvalue weighted by Crippen LogP contribution is 2.35. The molecule has 1 atom stereocenters. The molecular formula is C35H44F3N7O2. The lowest BCUT2D eigenvalue weighted by Gasteiger charge is -2.34. The molecule has 3 N–H and O–H groups in total. The van der Waals surface area contributed by atoms with Crippen molar-refractivity contribution in [1.29, 1.82) is 5.26 Å². The maximum atomic E-state index is 13.6. The number of halogens is 3. The number of ether oxygens (including phenoxy) is 1. The highest BCUT2D eigenvalue weighted by atomic mass is 19.4. The number of rotatable bonds is 10. The minimum absolute atomic E-state index is 0.138. The Labute approximate surface area is 275 Å². The van der Waals surface area contributed by atoms with Gasteiger partial charge in [-0.1, -0.05) is 18.1 Å². The van der Waals surface area contributed by atoms with Gasteiger partial charge in [0.15, 0.2) is 0 Å². The second kappa shape index (κ2) is 15.4. The van der Waals surface area contributed by atoms with Crippen molar-refractivity contribution in [3.05, 3.63) is 59.1 Å². The molecule has 2 saturated heterocycles. The molecule has 3 aliphatic heterocycles. The number of fused-ring (bicyclic) bond motifs is 1. The molecule has 252 valence electrons. The van der Waals surface area contributed by atoms with E-state index >= 15 is 0 Å². The molecule has 12 heteroatoms. The Hall–Kier alpha value is -3.84. The number of hydrogen-bond donors (Lipinski definition) is 3. The average molecular weight is 652 g/mol. The van der Waals surface area contributed by atoms with Crippen LogP contribution in [0, 0.1) is 23.2 Å². The number of hydrogen-bond acceptors (Lipinski definition) is 8. The van der Waals surface area contributed by atoms with Gasteiger partial charge in [0.25, 0.3) is 0 Å². The van der Waals surface area contributed by atoms with Gasteiger partial charge < -0.3 is 30.5 Å². The molecule has 0 aromatic carbocycles. The highest BCUT2D eigenvalue weighted by molar-refractivity contribution is 5.78. The normalized spacial score (nSPS) is 20.8. The topological polar surface area (TPSA) is 106 Å². The summed E-state index contributed by atoms with van der Waals surface area (Å²) in [6.07, 6.45) is 7.10. The molecule has 0 saturated carbocycles. The Morgan fingerprint density at radius 1 is 1.09 bits per heavy atom. The van der Waals surface area contributed by atoms with Crippen LogP contribution in [-0.4, -0.2) is 97.5 Å². The zero-order valence-corrected chi connectivity index (χ0v) is 27.1. The SMILES string of the molecule is CC(C)(C#N)c1ccc(NCC#CC2=CC3=CC(CNC4CCN(C(=O)CNC5CCOCC5)CC4)=CCC3N2CC(F)(F)F)cn1. The zero-order chi connectivity index (χ0) is 33.4. The highest BCUT2D eigenvalue weighted by Gasteiger charge is 2.39. The third-order valence-electron chi connectivity index (χ3n) is 9.17. The zero-order valence-electron chi connectivity index (χ0n) is 27.1. The number of aromatic nitrogens is 1. The summed E-state index contributed by atoms with van der Waals surface area (Å²) in [4.78, 5) is 20.3. The molecule has 9 nitrogen and oxygen atoms in total. The van der Waals surface area contributed by atoms with Crippen molar-refractivity contribution in [3.63, 3.8) is 0 Å². The van der Waals surface area contributed by atoms with Gasteiger partial charge in [0.2, 0.25) is 5.91 Å². The van der Waals surface area contributed by atoms with Crippen molar-refractivity contribution in [2.24, 2.45) is 0 Å². The summed E-state index contributed by atoms with van der Waals surface area (Å²) in [6.45, 7) is 6.64. The molecule has 1 unspecified atom stereocenters. The molecule has 2 fully saturated rings. The van der Waals surface area contributed by atoms with Gasteiger partial charge in [0.05, 0.1) is 53.9 Å². The van der Waals surface area contributed by atoms with E-state index in [4.69, 9.17) is 4.74 Å². The van der Waals surface area contributed by atoms with Crippen molar-refractivity contribution < 1.29 is 22.7 Å². The number of nitriles is 1. The van der Waals surface area contributed by atoms with Crippen LogP contribution < -0.4 is 16.0 Å². The Balaban J connectivity index is 1.11. The monoisotopic (exact) mass is 651 g/mol. The van der Waals surface area contributed by atoms with Crippen molar-refractivity contribution in [1.82, 2.24) is 25.4 Å². The van der Waals surface area contributed by atoms with Crippen molar-refractivity contribution >= 4 is 11.6 Å². The number of amides is 1. The number of alkyl halides is 3. The molecule has 1 aromatic rings. The smallest absolute Gasteiger partial charge is 0.381 e. The van der Waals surface area contributed by atoms with E-state index in [1.807, 2.05) is 23.1 Å². The van der Waals surface area contributed by atoms with E-state index in [9.17, 15) is 23.2 Å². The van der Waals surface area contributed by atoms with E-state index in [0.29, 0.717) is 55.7 Å². The fourth-order valence-corrected chi connectivity index (χ4v) is 6.29. The number of pyridine rings is 1. The van der Waals surface area contributed by atoms with Gasteiger partial charge in [0.1, 0.15) is 6.54 Å². The fraction of sp³-hybridized carbons (Fsp3) is 0.571. The molecule has 1 amide bonds. The van der Waals surface area contributed by atoms with E-state index in [1.165, 1.54) is 4.90 Å². The number of nitrogens with zero attached hydrogens (tertiary/aromatic N) is 4. The molecule has 1 aromatic heterocycles. The van der Waals surface area contributed by atoms with Crippen LogP contribution in [-0.2, 0) is 14.9 Å². The molecule has 0 radical (unpaired) electrons. The van der Waals surface area contributed by atoms with Crippen LogP contribution in [0.2, 0.25) is 0 Å². The predicted octanol–water partition coefficient (Wildman–Crippen LogP) is 4.03. The van der Waals surface area contributed by atoms with Crippen molar-refractivity contribution in [2.75, 3.05) is 57.8 Å². The summed E-state index contributed by atoms with van der Waals surface area (Å²) < 4.78 is 46.1. The number of anilines is 1. The van der Waals surface area contributed by atoms with Crippen molar-refractivity contribution in [2.45, 2.75) is 75.7 Å². The summed E-state index contributed by atoms with van der Waals surface area (Å²) in [6, 6.07) is 6.02. The van der Waals surface area contributed by atoms with Gasteiger partial charge in [0, 0.05) is 44.9 Å². The number of nitrogens with one attached hydrogen (secondary N) is 3. The second-order valence-corrected chi connectivity index (χ2v) is 13.1. The van der Waals surface area contributed by atoms with Crippen LogP contribution in [0.3, 0.4) is 0 Å². The van der Waals surface area contributed by atoms with E-state index < -0.39 is 24.2 Å². The Bertz CT molecular complexity index is 1450. The van der Waals surface area contributed by atoms with E-state index in [0.717, 1.165) is 50.0 Å². The number of likely N-dealkylation sites (tertiary alicyclic amines) is 1. The Morgan fingerprint density at radius 3 is 2.51 bits per heavy atom. The quantitative estimate of drug-likeness (QED) is 0.326. The lowest BCUT2D eigenvalue weighted by atomic mass is 9.91. The first-order chi connectivity index (χ1) is 22.5. The summed E-state index contributed by atoms with van der Waals surface area (Å²) in [5.41, 5.74) is 2.90. The maximum Gasteiger partial charge on any atom is 0.405 e. The molecule has 4 aliphatic rings. The van der Waals surface area contributed by atoms with Gasteiger partial charge in [-0.05, 0) is 81.2 Å². The minimum Gasteiger partial charge on any atom is -0.381 e. The first-order valence-corrected chi connectivity index (χ1v) is 16.4.